The van der Waals surface area contributed by atoms with Crippen LogP contribution in [0.2, 0.25) is 0 Å². The molecule has 1 aliphatic rings. The Labute approximate surface area is 97.1 Å². The number of rotatable bonds is 2. The molecule has 1 heterocycles. The zero-order chi connectivity index (χ0) is 12.2. The van der Waals surface area contributed by atoms with Gasteiger partial charge < -0.3 is 4.84 Å². The summed E-state index contributed by atoms with van der Waals surface area (Å²) in [7, 11) is 0. The minimum absolute atomic E-state index is 0.204. The lowest BCUT2D eigenvalue weighted by molar-refractivity contribution is -0.207. The Hall–Kier alpha value is -1.08. The van der Waals surface area contributed by atoms with Crippen LogP contribution < -0.4 is 0 Å². The Morgan fingerprint density at radius 2 is 2.25 bits per heavy atom. The molecule has 1 rings (SSSR count). The number of hydrogen-bond acceptors (Lipinski definition) is 4. The maximum atomic E-state index is 11.7. The average Bonchev–Trinajstić information content (AvgIpc) is 2.17. The van der Waals surface area contributed by atoms with Gasteiger partial charge >= 0.3 is 5.97 Å². The van der Waals surface area contributed by atoms with Crippen LogP contribution in [-0.4, -0.2) is 24.1 Å². The fraction of sp³-hybridized carbons (Fsp3) is 0.833. The molecular weight excluding hydrogens is 204 g/mol. The van der Waals surface area contributed by atoms with Crippen LogP contribution >= 0.6 is 0 Å². The first-order chi connectivity index (χ1) is 7.43. The van der Waals surface area contributed by atoms with Crippen molar-refractivity contribution in [1.29, 1.82) is 5.26 Å². The highest BCUT2D eigenvalue weighted by Crippen LogP contribution is 2.22. The maximum Gasteiger partial charge on any atom is 0.330 e. The highest BCUT2D eigenvalue weighted by atomic mass is 16.7. The lowest BCUT2D eigenvalue weighted by Gasteiger charge is -2.31. The number of nitriles is 1. The molecule has 0 unspecified atom stereocenters. The van der Waals surface area contributed by atoms with Crippen molar-refractivity contribution in [3.05, 3.63) is 0 Å². The molecule has 16 heavy (non-hydrogen) atoms. The summed E-state index contributed by atoms with van der Waals surface area (Å²) in [5.74, 6) is 0.136. The van der Waals surface area contributed by atoms with E-state index in [0.717, 1.165) is 19.4 Å². The lowest BCUT2D eigenvalue weighted by Crippen LogP contribution is -2.39. The van der Waals surface area contributed by atoms with Gasteiger partial charge in [0.05, 0.1) is 11.5 Å². The first kappa shape index (κ1) is 13.0. The Kier molecular flexibility index (Phi) is 4.31. The highest BCUT2D eigenvalue weighted by molar-refractivity contribution is 5.75. The SMILES string of the molecule is CC(C)(C)C(=O)ON1CCC[C@@H](CC#N)C1. The summed E-state index contributed by atoms with van der Waals surface area (Å²) in [5, 5.41) is 10.3. The maximum absolute atomic E-state index is 11.7. The molecular formula is C12H20N2O2. The first-order valence-corrected chi connectivity index (χ1v) is 5.78. The molecule has 0 radical (unpaired) electrons. The van der Waals surface area contributed by atoms with Crippen LogP contribution in [0.4, 0.5) is 0 Å². The van der Waals surface area contributed by atoms with Gasteiger partial charge in [-0.2, -0.15) is 5.26 Å². The van der Waals surface area contributed by atoms with E-state index in [1.165, 1.54) is 0 Å². The fourth-order valence-electron chi connectivity index (χ4n) is 1.66. The molecule has 1 atom stereocenters. The molecule has 1 fully saturated rings. The lowest BCUT2D eigenvalue weighted by atomic mass is 9.96. The van der Waals surface area contributed by atoms with Gasteiger partial charge in [-0.25, -0.2) is 4.79 Å². The molecule has 0 N–H and O–H groups in total. The van der Waals surface area contributed by atoms with Crippen LogP contribution in [0.1, 0.15) is 40.0 Å². The van der Waals surface area contributed by atoms with E-state index in [0.29, 0.717) is 18.9 Å². The number of carbonyl (C=O) groups excluding carboxylic acids is 1. The second-order valence-corrected chi connectivity index (χ2v) is 5.39. The van der Waals surface area contributed by atoms with Gasteiger partial charge in [-0.3, -0.25) is 0 Å². The number of piperidine rings is 1. The number of nitrogens with zero attached hydrogens (tertiary/aromatic N) is 2. The monoisotopic (exact) mass is 224 g/mol. The predicted molar refractivity (Wildman–Crippen MR) is 60.1 cm³/mol. The quantitative estimate of drug-likeness (QED) is 0.721. The largest absolute Gasteiger partial charge is 0.367 e. The predicted octanol–water partition coefficient (Wildman–Crippen LogP) is 2.12. The Bertz CT molecular complexity index is 288. The summed E-state index contributed by atoms with van der Waals surface area (Å²) >= 11 is 0. The number of carbonyl (C=O) groups is 1. The summed E-state index contributed by atoms with van der Waals surface area (Å²) in [5.41, 5.74) is -0.470. The Balaban J connectivity index is 2.44. The first-order valence-electron chi connectivity index (χ1n) is 5.78. The molecule has 0 saturated carbocycles. The van der Waals surface area contributed by atoms with Crippen molar-refractivity contribution in [1.82, 2.24) is 5.06 Å². The smallest absolute Gasteiger partial charge is 0.330 e. The third kappa shape index (κ3) is 3.82. The topological polar surface area (TPSA) is 53.3 Å². The molecule has 0 aliphatic carbocycles. The van der Waals surface area contributed by atoms with E-state index in [1.807, 2.05) is 20.8 Å². The molecule has 4 heteroatoms. The van der Waals surface area contributed by atoms with Gasteiger partial charge in [0.25, 0.3) is 0 Å². The second-order valence-electron chi connectivity index (χ2n) is 5.39. The Morgan fingerprint density at radius 3 is 2.81 bits per heavy atom. The second kappa shape index (κ2) is 5.31. The molecule has 1 saturated heterocycles. The minimum Gasteiger partial charge on any atom is -0.367 e. The fourth-order valence-corrected chi connectivity index (χ4v) is 1.66. The minimum atomic E-state index is -0.470. The van der Waals surface area contributed by atoms with E-state index in [2.05, 4.69) is 6.07 Å². The molecule has 0 amide bonds. The summed E-state index contributed by atoms with van der Waals surface area (Å²) in [6.07, 6.45) is 2.59. The van der Waals surface area contributed by atoms with E-state index in [9.17, 15) is 4.79 Å². The Morgan fingerprint density at radius 1 is 1.56 bits per heavy atom. The number of hydroxylamine groups is 2. The van der Waals surface area contributed by atoms with E-state index in [1.54, 1.807) is 5.06 Å². The van der Waals surface area contributed by atoms with Crippen molar-refractivity contribution in [2.45, 2.75) is 40.0 Å². The normalized spacial score (nSPS) is 22.5. The van der Waals surface area contributed by atoms with Crippen LogP contribution in [0.15, 0.2) is 0 Å². The molecule has 0 aromatic carbocycles. The van der Waals surface area contributed by atoms with Crippen LogP contribution in [0.3, 0.4) is 0 Å². The summed E-state index contributed by atoms with van der Waals surface area (Å²) in [4.78, 5) is 17.0. The molecule has 1 aliphatic heterocycles. The van der Waals surface area contributed by atoms with Gasteiger partial charge in [-0.1, -0.05) is 0 Å². The molecule has 90 valence electrons. The van der Waals surface area contributed by atoms with Gasteiger partial charge in [0, 0.05) is 19.5 Å². The number of hydrogen-bond donors (Lipinski definition) is 0. The summed E-state index contributed by atoms with van der Waals surface area (Å²) in [6, 6.07) is 2.17. The van der Waals surface area contributed by atoms with Crippen molar-refractivity contribution < 1.29 is 9.63 Å². The van der Waals surface area contributed by atoms with Gasteiger partial charge in [0.1, 0.15) is 0 Å². The van der Waals surface area contributed by atoms with Crippen molar-refractivity contribution in [3.8, 4) is 6.07 Å². The zero-order valence-corrected chi connectivity index (χ0v) is 10.3. The average molecular weight is 224 g/mol. The van der Waals surface area contributed by atoms with Crippen LogP contribution in [-0.2, 0) is 9.63 Å². The van der Waals surface area contributed by atoms with Crippen LogP contribution in [0.25, 0.3) is 0 Å². The van der Waals surface area contributed by atoms with Crippen molar-refractivity contribution >= 4 is 5.97 Å². The third-order valence-electron chi connectivity index (χ3n) is 2.69. The van der Waals surface area contributed by atoms with Crippen LogP contribution in [0, 0.1) is 22.7 Å². The molecule has 0 aromatic heterocycles. The molecule has 0 bridgehead atoms. The van der Waals surface area contributed by atoms with E-state index in [4.69, 9.17) is 10.1 Å². The van der Waals surface area contributed by atoms with E-state index in [-0.39, 0.29) is 5.97 Å². The van der Waals surface area contributed by atoms with Crippen molar-refractivity contribution in [3.63, 3.8) is 0 Å². The van der Waals surface area contributed by atoms with Crippen molar-refractivity contribution in [2.24, 2.45) is 11.3 Å². The van der Waals surface area contributed by atoms with Crippen LogP contribution in [0.5, 0.6) is 0 Å². The standard InChI is InChI=1S/C12H20N2O2/c1-12(2,3)11(15)16-14-8-4-5-10(9-14)6-7-13/h10H,4-6,8-9H2,1-3H3/t10-/m0/s1. The van der Waals surface area contributed by atoms with Crippen molar-refractivity contribution in [2.75, 3.05) is 13.1 Å². The molecule has 0 aromatic rings. The van der Waals surface area contributed by atoms with E-state index < -0.39 is 5.41 Å². The summed E-state index contributed by atoms with van der Waals surface area (Å²) in [6.45, 7) is 6.99. The van der Waals surface area contributed by atoms with Gasteiger partial charge in [0.2, 0.25) is 0 Å². The summed E-state index contributed by atoms with van der Waals surface area (Å²) < 4.78 is 0. The van der Waals surface area contributed by atoms with Gasteiger partial charge in [-0.05, 0) is 39.5 Å². The van der Waals surface area contributed by atoms with Gasteiger partial charge in [-0.15, -0.1) is 5.06 Å². The van der Waals surface area contributed by atoms with Gasteiger partial charge in [0.15, 0.2) is 0 Å². The molecule has 0 spiro atoms. The van der Waals surface area contributed by atoms with E-state index >= 15 is 0 Å². The third-order valence-corrected chi connectivity index (χ3v) is 2.69. The highest BCUT2D eigenvalue weighted by Gasteiger charge is 2.28. The zero-order valence-electron chi connectivity index (χ0n) is 10.3. The molecule has 4 nitrogen and oxygen atoms in total.